The van der Waals surface area contributed by atoms with Gasteiger partial charge in [-0.1, -0.05) is 12.8 Å². The molecule has 0 bridgehead atoms. The summed E-state index contributed by atoms with van der Waals surface area (Å²) < 4.78 is 1.06. The molecule has 1 aliphatic carbocycles. The monoisotopic (exact) mass is 385 g/mol. The maximum atomic E-state index is 12.5. The third kappa shape index (κ3) is 4.06. The van der Waals surface area contributed by atoms with Crippen LogP contribution in [-0.4, -0.2) is 53.0 Å². The Kier molecular flexibility index (Phi) is 5.55. The van der Waals surface area contributed by atoms with E-state index in [4.69, 9.17) is 11.8 Å². The number of amides is 1. The number of piperazine rings is 1. The molecule has 2 fully saturated rings. The van der Waals surface area contributed by atoms with Crippen molar-refractivity contribution in [3.05, 3.63) is 48.4 Å². The highest BCUT2D eigenvalue weighted by molar-refractivity contribution is 6.38. The fourth-order valence-electron chi connectivity index (χ4n) is 4.03. The highest BCUT2D eigenvalue weighted by Crippen LogP contribution is 2.27. The zero-order chi connectivity index (χ0) is 18.6. The molecule has 0 radical (unpaired) electrons. The lowest BCUT2D eigenvalue weighted by atomic mass is 10.1. The van der Waals surface area contributed by atoms with E-state index in [0.717, 1.165) is 42.3 Å². The van der Waals surface area contributed by atoms with Crippen molar-refractivity contribution in [2.75, 3.05) is 35.5 Å². The fraction of sp³-hybridized carbons (Fsp3) is 0.450. The molecule has 0 atom stereocenters. The molecule has 0 N–H and O–H groups in total. The van der Waals surface area contributed by atoms with E-state index >= 15 is 0 Å². The van der Waals surface area contributed by atoms with E-state index in [1.807, 2.05) is 12.1 Å². The minimum atomic E-state index is -0.333. The lowest BCUT2D eigenvalue weighted by Crippen LogP contribution is -2.49. The maximum Gasteiger partial charge on any atom is 0.275 e. The second-order valence-corrected chi connectivity index (χ2v) is 7.50. The molecular formula is C20H24ClN5O. The first kappa shape index (κ1) is 18.2. The third-order valence-electron chi connectivity index (χ3n) is 5.54. The van der Waals surface area contributed by atoms with Crippen LogP contribution in [0.15, 0.2) is 42.9 Å². The number of pyridine rings is 2. The van der Waals surface area contributed by atoms with E-state index in [1.54, 1.807) is 24.5 Å². The number of anilines is 2. The van der Waals surface area contributed by atoms with Gasteiger partial charge in [-0.3, -0.25) is 14.7 Å². The Morgan fingerprint density at radius 3 is 2.59 bits per heavy atom. The second-order valence-electron chi connectivity index (χ2n) is 7.16. The van der Waals surface area contributed by atoms with Crippen LogP contribution in [0.4, 0.5) is 11.5 Å². The summed E-state index contributed by atoms with van der Waals surface area (Å²) in [5, 5.41) is 0. The van der Waals surface area contributed by atoms with Crippen LogP contribution in [-0.2, 0) is 0 Å². The number of halogens is 1. The number of aromatic nitrogens is 2. The molecule has 142 valence electrons. The van der Waals surface area contributed by atoms with E-state index < -0.39 is 0 Å². The van der Waals surface area contributed by atoms with Gasteiger partial charge in [0.2, 0.25) is 0 Å². The zero-order valence-corrected chi connectivity index (χ0v) is 16.1. The third-order valence-corrected chi connectivity index (χ3v) is 5.86. The molecule has 3 heterocycles. The summed E-state index contributed by atoms with van der Waals surface area (Å²) in [6.45, 7) is 4.14. The predicted octanol–water partition coefficient (Wildman–Crippen LogP) is 3.34. The summed E-state index contributed by atoms with van der Waals surface area (Å²) in [7, 11) is 0. The molecule has 1 saturated carbocycles. The maximum absolute atomic E-state index is 12.5. The first-order valence-corrected chi connectivity index (χ1v) is 9.91. The molecule has 27 heavy (non-hydrogen) atoms. The average molecular weight is 386 g/mol. The molecule has 6 nitrogen and oxygen atoms in total. The van der Waals surface area contributed by atoms with Crippen LogP contribution in [0.1, 0.15) is 36.0 Å². The molecule has 0 spiro atoms. The van der Waals surface area contributed by atoms with Crippen molar-refractivity contribution < 1.29 is 4.79 Å². The Morgan fingerprint density at radius 1 is 1.11 bits per heavy atom. The number of hydrogen-bond acceptors (Lipinski definition) is 5. The van der Waals surface area contributed by atoms with Gasteiger partial charge in [0, 0.05) is 74.3 Å². The van der Waals surface area contributed by atoms with Gasteiger partial charge in [-0.2, -0.15) is 4.42 Å². The van der Waals surface area contributed by atoms with Crippen LogP contribution in [0.5, 0.6) is 0 Å². The van der Waals surface area contributed by atoms with E-state index in [2.05, 4.69) is 19.8 Å². The number of nitrogens with zero attached hydrogens (tertiary/aromatic N) is 5. The van der Waals surface area contributed by atoms with Gasteiger partial charge >= 0.3 is 0 Å². The number of carbonyl (C=O) groups is 1. The van der Waals surface area contributed by atoms with Crippen LogP contribution >= 0.6 is 11.8 Å². The van der Waals surface area contributed by atoms with Crippen molar-refractivity contribution in [3.63, 3.8) is 0 Å². The quantitative estimate of drug-likeness (QED) is 0.755. The van der Waals surface area contributed by atoms with E-state index in [1.165, 1.54) is 31.9 Å². The van der Waals surface area contributed by atoms with Gasteiger partial charge < -0.3 is 4.90 Å². The highest BCUT2D eigenvalue weighted by Gasteiger charge is 2.26. The molecule has 4 rings (SSSR count). The molecule has 0 aromatic carbocycles. The normalized spacial score (nSPS) is 18.6. The lowest BCUT2D eigenvalue weighted by Gasteiger charge is -2.39. The molecule has 1 saturated heterocycles. The van der Waals surface area contributed by atoms with Crippen molar-refractivity contribution in [1.82, 2.24) is 14.9 Å². The van der Waals surface area contributed by atoms with Crippen molar-refractivity contribution in [3.8, 4) is 0 Å². The smallest absolute Gasteiger partial charge is 0.275 e. The van der Waals surface area contributed by atoms with Crippen molar-refractivity contribution in [2.24, 2.45) is 0 Å². The van der Waals surface area contributed by atoms with E-state index in [9.17, 15) is 4.79 Å². The molecule has 2 aliphatic rings. The molecule has 7 heteroatoms. The first-order valence-electron chi connectivity index (χ1n) is 9.58. The summed E-state index contributed by atoms with van der Waals surface area (Å²) in [6, 6.07) is 8.04. The van der Waals surface area contributed by atoms with Crippen molar-refractivity contribution >= 4 is 29.2 Å². The summed E-state index contributed by atoms with van der Waals surface area (Å²) in [4.78, 5) is 25.7. The Balaban J connectivity index is 1.42. The Bertz CT molecular complexity index is 773. The summed E-state index contributed by atoms with van der Waals surface area (Å²) in [5.74, 6) is 0.0988. The number of rotatable bonds is 4. The largest absolute Gasteiger partial charge is 0.369 e. The summed E-state index contributed by atoms with van der Waals surface area (Å²) in [6.07, 6.45) is 10.3. The summed E-state index contributed by atoms with van der Waals surface area (Å²) in [5.41, 5.74) is 1.49. The molecule has 0 unspecified atom stereocenters. The van der Waals surface area contributed by atoms with Gasteiger partial charge in [0.15, 0.2) is 5.82 Å². The van der Waals surface area contributed by atoms with Gasteiger partial charge in [0.25, 0.3) is 5.91 Å². The fourth-order valence-corrected chi connectivity index (χ4v) is 4.22. The highest BCUT2D eigenvalue weighted by atomic mass is 35.5. The van der Waals surface area contributed by atoms with Crippen LogP contribution < -0.4 is 9.32 Å². The number of carbonyl (C=O) groups excluding carboxylic acids is 1. The minimum absolute atomic E-state index is 0.333. The first-order chi connectivity index (χ1) is 13.2. The lowest BCUT2D eigenvalue weighted by molar-refractivity contribution is 0.100. The van der Waals surface area contributed by atoms with Gasteiger partial charge in [0.05, 0.1) is 5.56 Å². The molecule has 1 amide bonds. The molecule has 2 aromatic heterocycles. The van der Waals surface area contributed by atoms with Crippen LogP contribution in [0.2, 0.25) is 0 Å². The Morgan fingerprint density at radius 2 is 1.89 bits per heavy atom. The van der Waals surface area contributed by atoms with Gasteiger partial charge in [-0.15, -0.1) is 0 Å². The predicted molar refractivity (Wildman–Crippen MR) is 107 cm³/mol. The van der Waals surface area contributed by atoms with Crippen molar-refractivity contribution in [2.45, 2.75) is 31.7 Å². The minimum Gasteiger partial charge on any atom is -0.369 e. The Hall–Kier alpha value is -2.18. The van der Waals surface area contributed by atoms with Crippen LogP contribution in [0, 0.1) is 0 Å². The van der Waals surface area contributed by atoms with Crippen LogP contribution in [0.25, 0.3) is 0 Å². The SMILES string of the molecule is O=C(c1cccnc1)N(Cl)c1cc(N2CCN(C3CCCC3)CC2)ccn1. The van der Waals surface area contributed by atoms with Gasteiger partial charge in [-0.25, -0.2) is 4.98 Å². The standard InChI is InChI=1S/C20H24ClN5O/c21-26(20(27)16-4-3-8-22-15-16)19-14-18(7-9-23-19)25-12-10-24(11-13-25)17-5-1-2-6-17/h3-4,7-9,14-15,17H,1-2,5-6,10-13H2. The molecule has 2 aromatic rings. The molecule has 1 aliphatic heterocycles. The van der Waals surface area contributed by atoms with Crippen LogP contribution in [0.3, 0.4) is 0 Å². The number of hydrogen-bond donors (Lipinski definition) is 0. The van der Waals surface area contributed by atoms with E-state index in [-0.39, 0.29) is 5.91 Å². The molecular weight excluding hydrogens is 362 g/mol. The zero-order valence-electron chi connectivity index (χ0n) is 15.3. The van der Waals surface area contributed by atoms with Gasteiger partial charge in [0.1, 0.15) is 0 Å². The Labute approximate surface area is 164 Å². The van der Waals surface area contributed by atoms with E-state index in [0.29, 0.717) is 11.4 Å². The summed E-state index contributed by atoms with van der Waals surface area (Å²) >= 11 is 6.28. The average Bonchev–Trinajstić information content (AvgIpc) is 3.28. The second kappa shape index (κ2) is 8.23. The van der Waals surface area contributed by atoms with Gasteiger partial charge in [-0.05, 0) is 31.0 Å². The topological polar surface area (TPSA) is 52.6 Å². The van der Waals surface area contributed by atoms with Crippen molar-refractivity contribution in [1.29, 1.82) is 0 Å².